The fourth-order valence-corrected chi connectivity index (χ4v) is 2.17. The molecule has 1 aromatic heterocycles. The monoisotopic (exact) mass is 263 g/mol. The predicted octanol–water partition coefficient (Wildman–Crippen LogP) is 2.26. The summed E-state index contributed by atoms with van der Waals surface area (Å²) in [7, 11) is 0. The Bertz CT molecular complexity index is 442. The molecular formula is C14H21N3O2. The number of nitrogen functional groups attached to an aromatic ring is 1. The number of anilines is 2. The van der Waals surface area contributed by atoms with Crippen LogP contribution < -0.4 is 11.1 Å². The highest BCUT2D eigenvalue weighted by molar-refractivity contribution is 5.89. The van der Waals surface area contributed by atoms with Crippen LogP contribution in [0.5, 0.6) is 0 Å². The SMILES string of the molecule is Cc1cc(NC(=O)CCC2CCCCO2)ncc1N. The molecule has 0 bridgehead atoms. The summed E-state index contributed by atoms with van der Waals surface area (Å²) in [6, 6.07) is 1.78. The predicted molar refractivity (Wildman–Crippen MR) is 74.8 cm³/mol. The summed E-state index contributed by atoms with van der Waals surface area (Å²) < 4.78 is 5.60. The van der Waals surface area contributed by atoms with Gasteiger partial charge in [0.05, 0.1) is 18.0 Å². The van der Waals surface area contributed by atoms with Gasteiger partial charge in [0.1, 0.15) is 5.82 Å². The van der Waals surface area contributed by atoms with Crippen molar-refractivity contribution in [2.75, 3.05) is 17.7 Å². The molecule has 0 aliphatic carbocycles. The summed E-state index contributed by atoms with van der Waals surface area (Å²) in [5.74, 6) is 0.534. The second kappa shape index (κ2) is 6.52. The first-order valence-corrected chi connectivity index (χ1v) is 6.79. The van der Waals surface area contributed by atoms with Gasteiger partial charge in [0.15, 0.2) is 0 Å². The first-order chi connectivity index (χ1) is 9.15. The molecule has 0 aromatic carbocycles. The minimum atomic E-state index is -0.0224. The van der Waals surface area contributed by atoms with E-state index in [1.165, 1.54) is 6.42 Å². The quantitative estimate of drug-likeness (QED) is 0.873. The summed E-state index contributed by atoms with van der Waals surface area (Å²) in [5, 5.41) is 2.79. The molecule has 5 nitrogen and oxygen atoms in total. The van der Waals surface area contributed by atoms with Crippen LogP contribution in [0.25, 0.3) is 0 Å². The largest absolute Gasteiger partial charge is 0.397 e. The molecule has 0 saturated carbocycles. The Balaban J connectivity index is 1.78. The van der Waals surface area contributed by atoms with Gasteiger partial charge in [0.2, 0.25) is 5.91 Å². The van der Waals surface area contributed by atoms with Crippen molar-refractivity contribution in [3.05, 3.63) is 17.8 Å². The molecule has 2 rings (SSSR count). The molecule has 5 heteroatoms. The molecule has 19 heavy (non-hydrogen) atoms. The molecular weight excluding hydrogens is 242 g/mol. The van der Waals surface area contributed by atoms with Gasteiger partial charge in [-0.3, -0.25) is 4.79 Å². The second-order valence-corrected chi connectivity index (χ2v) is 5.00. The Kier molecular flexibility index (Phi) is 4.74. The number of pyridine rings is 1. The van der Waals surface area contributed by atoms with Gasteiger partial charge < -0.3 is 15.8 Å². The van der Waals surface area contributed by atoms with Crippen LogP contribution in [0.1, 0.15) is 37.7 Å². The minimum Gasteiger partial charge on any atom is -0.397 e. The number of carbonyl (C=O) groups excluding carboxylic acids is 1. The van der Waals surface area contributed by atoms with Crippen LogP contribution in [-0.4, -0.2) is 23.6 Å². The number of ether oxygens (including phenoxy) is 1. The van der Waals surface area contributed by atoms with E-state index in [2.05, 4.69) is 10.3 Å². The Morgan fingerprint density at radius 2 is 2.42 bits per heavy atom. The standard InChI is InChI=1S/C14H21N3O2/c1-10-8-13(16-9-12(10)15)17-14(18)6-5-11-4-2-3-7-19-11/h8-9,11H,2-7,15H2,1H3,(H,16,17,18). The molecule has 1 atom stereocenters. The number of nitrogens with two attached hydrogens (primary N) is 1. The van der Waals surface area contributed by atoms with E-state index in [0.29, 0.717) is 17.9 Å². The number of rotatable bonds is 4. The van der Waals surface area contributed by atoms with Crippen molar-refractivity contribution in [1.29, 1.82) is 0 Å². The van der Waals surface area contributed by atoms with Crippen molar-refractivity contribution in [2.45, 2.75) is 45.1 Å². The normalized spacial score (nSPS) is 19.1. The van der Waals surface area contributed by atoms with Gasteiger partial charge in [-0.15, -0.1) is 0 Å². The number of amides is 1. The topological polar surface area (TPSA) is 77.2 Å². The van der Waals surface area contributed by atoms with Crippen LogP contribution in [-0.2, 0) is 9.53 Å². The maximum Gasteiger partial charge on any atom is 0.225 e. The third kappa shape index (κ3) is 4.21. The van der Waals surface area contributed by atoms with Gasteiger partial charge >= 0.3 is 0 Å². The summed E-state index contributed by atoms with van der Waals surface area (Å²) in [6.45, 7) is 2.72. The van der Waals surface area contributed by atoms with E-state index in [9.17, 15) is 4.79 Å². The smallest absolute Gasteiger partial charge is 0.225 e. The molecule has 1 aliphatic rings. The number of nitrogens with zero attached hydrogens (tertiary/aromatic N) is 1. The van der Waals surface area contributed by atoms with Crippen LogP contribution >= 0.6 is 0 Å². The zero-order valence-corrected chi connectivity index (χ0v) is 11.3. The van der Waals surface area contributed by atoms with Crippen molar-refractivity contribution in [3.8, 4) is 0 Å². The van der Waals surface area contributed by atoms with Crippen molar-refractivity contribution >= 4 is 17.4 Å². The van der Waals surface area contributed by atoms with E-state index in [-0.39, 0.29) is 12.0 Å². The number of hydrogen-bond acceptors (Lipinski definition) is 4. The minimum absolute atomic E-state index is 0.0224. The van der Waals surface area contributed by atoms with Crippen molar-refractivity contribution in [1.82, 2.24) is 4.98 Å². The number of aromatic nitrogens is 1. The lowest BCUT2D eigenvalue weighted by molar-refractivity contribution is -0.117. The first-order valence-electron chi connectivity index (χ1n) is 6.79. The number of carbonyl (C=O) groups is 1. The third-order valence-corrected chi connectivity index (χ3v) is 3.39. The lowest BCUT2D eigenvalue weighted by Gasteiger charge is -2.22. The van der Waals surface area contributed by atoms with Gasteiger partial charge in [-0.2, -0.15) is 0 Å². The molecule has 1 aliphatic heterocycles. The summed E-state index contributed by atoms with van der Waals surface area (Å²) in [5.41, 5.74) is 7.23. The summed E-state index contributed by atoms with van der Waals surface area (Å²) in [4.78, 5) is 15.9. The molecule has 2 heterocycles. The molecule has 1 saturated heterocycles. The fraction of sp³-hybridized carbons (Fsp3) is 0.571. The Hall–Kier alpha value is -1.62. The Labute approximate surface area is 113 Å². The summed E-state index contributed by atoms with van der Waals surface area (Å²) in [6.07, 6.45) is 6.44. The molecule has 0 spiro atoms. The van der Waals surface area contributed by atoms with E-state index in [1.807, 2.05) is 6.92 Å². The number of nitrogens with one attached hydrogen (secondary N) is 1. The lowest BCUT2D eigenvalue weighted by atomic mass is 10.0. The first kappa shape index (κ1) is 13.8. The zero-order chi connectivity index (χ0) is 13.7. The van der Waals surface area contributed by atoms with E-state index >= 15 is 0 Å². The maximum atomic E-state index is 11.8. The molecule has 104 valence electrons. The number of hydrogen-bond donors (Lipinski definition) is 2. The highest BCUT2D eigenvalue weighted by Crippen LogP contribution is 2.18. The molecule has 1 fully saturated rings. The van der Waals surface area contributed by atoms with Gasteiger partial charge in [-0.25, -0.2) is 4.98 Å². The van der Waals surface area contributed by atoms with Crippen LogP contribution in [0, 0.1) is 6.92 Å². The van der Waals surface area contributed by atoms with Gasteiger partial charge in [0, 0.05) is 13.0 Å². The highest BCUT2D eigenvalue weighted by atomic mass is 16.5. The molecule has 3 N–H and O–H groups in total. The van der Waals surface area contributed by atoms with Gasteiger partial charge in [-0.05, 0) is 44.2 Å². The zero-order valence-electron chi connectivity index (χ0n) is 11.3. The molecule has 1 unspecified atom stereocenters. The average Bonchev–Trinajstić information content (AvgIpc) is 2.42. The van der Waals surface area contributed by atoms with Gasteiger partial charge in [-0.1, -0.05) is 0 Å². The molecule has 1 amide bonds. The van der Waals surface area contributed by atoms with Crippen LogP contribution in [0.2, 0.25) is 0 Å². The maximum absolute atomic E-state index is 11.8. The van der Waals surface area contributed by atoms with E-state index < -0.39 is 0 Å². The van der Waals surface area contributed by atoms with E-state index in [1.54, 1.807) is 12.3 Å². The van der Waals surface area contributed by atoms with E-state index in [0.717, 1.165) is 31.4 Å². The van der Waals surface area contributed by atoms with Crippen molar-refractivity contribution < 1.29 is 9.53 Å². The highest BCUT2D eigenvalue weighted by Gasteiger charge is 2.15. The molecule has 1 aromatic rings. The second-order valence-electron chi connectivity index (χ2n) is 5.00. The summed E-state index contributed by atoms with van der Waals surface area (Å²) >= 11 is 0. The van der Waals surface area contributed by atoms with Crippen LogP contribution in [0.3, 0.4) is 0 Å². The fourth-order valence-electron chi connectivity index (χ4n) is 2.17. The van der Waals surface area contributed by atoms with E-state index in [4.69, 9.17) is 10.5 Å². The Morgan fingerprint density at radius 3 is 3.11 bits per heavy atom. The lowest BCUT2D eigenvalue weighted by Crippen LogP contribution is -2.22. The van der Waals surface area contributed by atoms with Crippen molar-refractivity contribution in [2.24, 2.45) is 0 Å². The third-order valence-electron chi connectivity index (χ3n) is 3.39. The van der Waals surface area contributed by atoms with Crippen molar-refractivity contribution in [3.63, 3.8) is 0 Å². The number of aryl methyl sites for hydroxylation is 1. The Morgan fingerprint density at radius 1 is 1.58 bits per heavy atom. The van der Waals surface area contributed by atoms with Crippen LogP contribution in [0.15, 0.2) is 12.3 Å². The molecule has 0 radical (unpaired) electrons. The van der Waals surface area contributed by atoms with Gasteiger partial charge in [0.25, 0.3) is 0 Å². The average molecular weight is 263 g/mol. The van der Waals surface area contributed by atoms with Crippen LogP contribution in [0.4, 0.5) is 11.5 Å².